The van der Waals surface area contributed by atoms with Crippen molar-refractivity contribution in [3.8, 4) is 0 Å². The Morgan fingerprint density at radius 3 is 2.83 bits per heavy atom. The topological polar surface area (TPSA) is 111 Å². The van der Waals surface area contributed by atoms with Crippen molar-refractivity contribution in [2.24, 2.45) is 0 Å². The van der Waals surface area contributed by atoms with Gasteiger partial charge in [-0.1, -0.05) is 13.8 Å². The van der Waals surface area contributed by atoms with Crippen LogP contribution in [-0.4, -0.2) is 39.9 Å². The van der Waals surface area contributed by atoms with E-state index in [-0.39, 0.29) is 23.9 Å². The molecule has 10 nitrogen and oxygen atoms in total. The van der Waals surface area contributed by atoms with Crippen LogP contribution in [0.4, 0.5) is 10.1 Å². The molecule has 4 heterocycles. The number of fused-ring (bicyclic) bond motifs is 2. The molecule has 0 atom stereocenters. The summed E-state index contributed by atoms with van der Waals surface area (Å²) in [6.45, 7) is 3.40. The Kier molecular flexibility index (Phi) is 4.12. The van der Waals surface area contributed by atoms with Crippen molar-refractivity contribution in [3.05, 3.63) is 52.3 Å². The first kappa shape index (κ1) is 18.4. The van der Waals surface area contributed by atoms with Gasteiger partial charge < -0.3 is 5.32 Å². The van der Waals surface area contributed by atoms with Crippen molar-refractivity contribution in [3.63, 3.8) is 0 Å². The summed E-state index contributed by atoms with van der Waals surface area (Å²) in [5, 5.41) is 19.0. The molecule has 0 spiro atoms. The van der Waals surface area contributed by atoms with Crippen molar-refractivity contribution in [1.29, 1.82) is 0 Å². The van der Waals surface area contributed by atoms with E-state index in [1.807, 2.05) is 13.8 Å². The Morgan fingerprint density at radius 2 is 2.10 bits per heavy atom. The van der Waals surface area contributed by atoms with Gasteiger partial charge in [0.15, 0.2) is 22.8 Å². The molecule has 1 aliphatic carbocycles. The summed E-state index contributed by atoms with van der Waals surface area (Å²) in [6, 6.07) is 3.39. The molecule has 5 rings (SSSR count). The molecule has 1 saturated carbocycles. The molecule has 0 aromatic carbocycles. The molecule has 0 radical (unpaired) electrons. The van der Waals surface area contributed by atoms with E-state index in [0.717, 1.165) is 17.5 Å². The van der Waals surface area contributed by atoms with Gasteiger partial charge in [-0.2, -0.15) is 10.2 Å². The van der Waals surface area contributed by atoms with Gasteiger partial charge >= 0.3 is 0 Å². The summed E-state index contributed by atoms with van der Waals surface area (Å²) in [5.74, 6) is -0.717. The lowest BCUT2D eigenvalue weighted by Gasteiger charge is -2.12. The van der Waals surface area contributed by atoms with Gasteiger partial charge in [0.25, 0.3) is 5.56 Å². The summed E-state index contributed by atoms with van der Waals surface area (Å²) in [7, 11) is 0. The maximum Gasteiger partial charge on any atom is 0.296 e. The number of halogens is 1. The number of anilines is 1. The minimum absolute atomic E-state index is 0.0497. The number of carbonyl (C=O) groups excluding carboxylic acids is 1. The second-order valence-corrected chi connectivity index (χ2v) is 7.77. The molecule has 4 aromatic rings. The fourth-order valence-corrected chi connectivity index (χ4v) is 3.42. The Bertz CT molecular complexity index is 1350. The molecule has 4 aromatic heterocycles. The van der Waals surface area contributed by atoms with E-state index in [9.17, 15) is 14.0 Å². The van der Waals surface area contributed by atoms with Gasteiger partial charge in [0.2, 0.25) is 5.91 Å². The molecule has 154 valence electrons. The molecule has 0 unspecified atom stereocenters. The Labute approximate surface area is 169 Å². The standard InChI is InChI=1S/C19H19FN8O2/c1-10(2)18-25-27(19(30)17-15(20)16(11-3-4-11)24-28(17)18)8-14(29)22-12-5-6-13-23-21-9-26(13)7-12/h5-7,9-11H,3-4,8H2,1-2H3,(H,22,29). The van der Waals surface area contributed by atoms with Gasteiger partial charge in [-0.15, -0.1) is 10.2 Å². The van der Waals surface area contributed by atoms with Crippen molar-refractivity contribution >= 4 is 22.8 Å². The third-order valence-electron chi connectivity index (χ3n) is 5.08. The predicted octanol–water partition coefficient (Wildman–Crippen LogP) is 1.71. The fourth-order valence-electron chi connectivity index (χ4n) is 3.42. The normalized spacial score (nSPS) is 14.1. The first-order valence-corrected chi connectivity index (χ1v) is 9.70. The number of hydrogen-bond donors (Lipinski definition) is 1. The van der Waals surface area contributed by atoms with Crippen LogP contribution in [0.3, 0.4) is 0 Å². The van der Waals surface area contributed by atoms with Crippen LogP contribution in [0, 0.1) is 5.82 Å². The SMILES string of the molecule is CC(C)c1nn(CC(=O)Nc2ccc3nncn3c2)c(=O)c2c(F)c(C3CC3)nn12. The number of rotatable bonds is 5. The average Bonchev–Trinajstić information content (AvgIpc) is 3.33. The zero-order valence-corrected chi connectivity index (χ0v) is 16.4. The molecule has 1 amide bonds. The van der Waals surface area contributed by atoms with E-state index in [2.05, 4.69) is 25.7 Å². The number of hydrogen-bond acceptors (Lipinski definition) is 6. The van der Waals surface area contributed by atoms with E-state index in [1.54, 1.807) is 22.7 Å². The first-order chi connectivity index (χ1) is 14.4. The monoisotopic (exact) mass is 410 g/mol. The third-order valence-corrected chi connectivity index (χ3v) is 5.08. The minimum atomic E-state index is -0.680. The maximum atomic E-state index is 15.0. The van der Waals surface area contributed by atoms with E-state index in [0.29, 0.717) is 22.9 Å². The van der Waals surface area contributed by atoms with Crippen LogP contribution in [0.2, 0.25) is 0 Å². The molecular weight excluding hydrogens is 391 g/mol. The smallest absolute Gasteiger partial charge is 0.296 e. The van der Waals surface area contributed by atoms with Crippen molar-refractivity contribution in [1.82, 2.24) is 34.0 Å². The highest BCUT2D eigenvalue weighted by molar-refractivity contribution is 5.90. The summed E-state index contributed by atoms with van der Waals surface area (Å²) in [4.78, 5) is 25.5. The molecular formula is C19H19FN8O2. The van der Waals surface area contributed by atoms with Crippen LogP contribution in [0.1, 0.15) is 50.0 Å². The lowest BCUT2D eigenvalue weighted by molar-refractivity contribution is -0.117. The highest BCUT2D eigenvalue weighted by atomic mass is 19.1. The lowest BCUT2D eigenvalue weighted by Crippen LogP contribution is -2.33. The Morgan fingerprint density at radius 1 is 1.30 bits per heavy atom. The van der Waals surface area contributed by atoms with Crippen LogP contribution in [-0.2, 0) is 11.3 Å². The van der Waals surface area contributed by atoms with Gasteiger partial charge in [-0.05, 0) is 25.0 Å². The van der Waals surface area contributed by atoms with Crippen LogP contribution in [0.5, 0.6) is 0 Å². The van der Waals surface area contributed by atoms with Crippen LogP contribution in [0.25, 0.3) is 11.2 Å². The molecule has 30 heavy (non-hydrogen) atoms. The fraction of sp³-hybridized carbons (Fsp3) is 0.368. The summed E-state index contributed by atoms with van der Waals surface area (Å²) < 4.78 is 18.9. The van der Waals surface area contributed by atoms with E-state index in [1.165, 1.54) is 10.8 Å². The molecule has 0 saturated heterocycles. The number of carbonyl (C=O) groups is 1. The quantitative estimate of drug-likeness (QED) is 0.536. The second-order valence-electron chi connectivity index (χ2n) is 7.77. The van der Waals surface area contributed by atoms with E-state index >= 15 is 0 Å². The van der Waals surface area contributed by atoms with Crippen molar-refractivity contribution in [2.75, 3.05) is 5.32 Å². The van der Waals surface area contributed by atoms with Gasteiger partial charge in [0.1, 0.15) is 18.6 Å². The number of nitrogens with zero attached hydrogens (tertiary/aromatic N) is 7. The van der Waals surface area contributed by atoms with Crippen molar-refractivity contribution < 1.29 is 9.18 Å². The molecule has 1 N–H and O–H groups in total. The zero-order valence-electron chi connectivity index (χ0n) is 16.4. The highest BCUT2D eigenvalue weighted by Gasteiger charge is 2.33. The predicted molar refractivity (Wildman–Crippen MR) is 105 cm³/mol. The average molecular weight is 410 g/mol. The Balaban J connectivity index is 1.50. The van der Waals surface area contributed by atoms with E-state index in [4.69, 9.17) is 0 Å². The molecule has 1 fully saturated rings. The summed E-state index contributed by atoms with van der Waals surface area (Å²) in [5.41, 5.74) is 0.618. The Hall–Kier alpha value is -3.63. The first-order valence-electron chi connectivity index (χ1n) is 9.70. The molecule has 1 aliphatic rings. The number of amides is 1. The summed E-state index contributed by atoms with van der Waals surface area (Å²) in [6.07, 6.45) is 4.89. The highest BCUT2D eigenvalue weighted by Crippen LogP contribution is 2.41. The van der Waals surface area contributed by atoms with E-state index < -0.39 is 17.3 Å². The molecule has 0 bridgehead atoms. The maximum absolute atomic E-state index is 15.0. The number of aromatic nitrogens is 7. The number of nitrogens with one attached hydrogen (secondary N) is 1. The van der Waals surface area contributed by atoms with Crippen molar-refractivity contribution in [2.45, 2.75) is 45.1 Å². The van der Waals surface area contributed by atoms with Crippen LogP contribution in [0.15, 0.2) is 29.5 Å². The minimum Gasteiger partial charge on any atom is -0.323 e. The number of pyridine rings is 1. The van der Waals surface area contributed by atoms with Gasteiger partial charge in [-0.25, -0.2) is 13.6 Å². The lowest BCUT2D eigenvalue weighted by atomic mass is 10.2. The molecule has 11 heteroatoms. The van der Waals surface area contributed by atoms with Crippen LogP contribution < -0.4 is 10.9 Å². The molecule has 0 aliphatic heterocycles. The second kappa shape index (κ2) is 6.71. The summed E-state index contributed by atoms with van der Waals surface area (Å²) >= 11 is 0. The zero-order chi connectivity index (χ0) is 21.0. The van der Waals surface area contributed by atoms with Gasteiger partial charge in [0, 0.05) is 18.0 Å². The van der Waals surface area contributed by atoms with Crippen LogP contribution >= 0.6 is 0 Å². The largest absolute Gasteiger partial charge is 0.323 e. The third kappa shape index (κ3) is 3.02. The van der Waals surface area contributed by atoms with Gasteiger partial charge in [-0.3, -0.25) is 14.0 Å². The van der Waals surface area contributed by atoms with Gasteiger partial charge in [0.05, 0.1) is 5.69 Å².